The van der Waals surface area contributed by atoms with Crippen molar-refractivity contribution in [1.29, 1.82) is 0 Å². The largest absolute Gasteiger partial charge is 0.356 e. The molecule has 31 heavy (non-hydrogen) atoms. The van der Waals surface area contributed by atoms with E-state index in [2.05, 4.69) is 21.4 Å². The molecule has 4 rings (SSSR count). The average molecular weight is 441 g/mol. The van der Waals surface area contributed by atoms with E-state index in [1.165, 1.54) is 42.0 Å². The predicted molar refractivity (Wildman–Crippen MR) is 124 cm³/mol. The Balaban J connectivity index is 1.32. The van der Waals surface area contributed by atoms with E-state index in [4.69, 9.17) is 11.6 Å². The molecule has 1 aliphatic carbocycles. The van der Waals surface area contributed by atoms with Gasteiger partial charge in [0.05, 0.1) is 5.69 Å². The predicted octanol–water partition coefficient (Wildman–Crippen LogP) is 4.11. The van der Waals surface area contributed by atoms with E-state index in [9.17, 15) is 9.59 Å². The lowest BCUT2D eigenvalue weighted by molar-refractivity contribution is -0.125. The molecule has 1 fully saturated rings. The Morgan fingerprint density at radius 1 is 1.16 bits per heavy atom. The Morgan fingerprint density at radius 3 is 2.74 bits per heavy atom. The van der Waals surface area contributed by atoms with Crippen LogP contribution in [0, 0.1) is 5.92 Å². The van der Waals surface area contributed by atoms with Crippen molar-refractivity contribution in [3.05, 3.63) is 63.4 Å². The fourth-order valence-electron chi connectivity index (χ4n) is 4.36. The van der Waals surface area contributed by atoms with Crippen LogP contribution in [0.1, 0.15) is 44.9 Å². The quantitative estimate of drug-likeness (QED) is 0.686. The Hall–Kier alpha value is -2.60. The minimum atomic E-state index is -0.201. The standard InChI is InChI=1S/C24H29ClN4O2/c25-20-7-4-8-21(17-20)29-23(30)10-9-22(27-29)28-15-12-19(13-16-28)24(31)26-14-11-18-5-2-1-3-6-18/h4-5,7-10,17,19H,1-3,6,11-16H2,(H,26,31). The SMILES string of the molecule is O=C(NCCC1=CCCCC1)C1CCN(c2ccc(=O)n(-c3cccc(Cl)c3)n2)CC1. The van der Waals surface area contributed by atoms with Gasteiger partial charge in [-0.3, -0.25) is 9.59 Å². The van der Waals surface area contributed by atoms with Gasteiger partial charge in [0.15, 0.2) is 0 Å². The number of allylic oxidation sites excluding steroid dienone is 1. The second kappa shape index (κ2) is 10.1. The lowest BCUT2D eigenvalue weighted by Gasteiger charge is -2.32. The molecule has 2 aliphatic rings. The number of hydrogen-bond donors (Lipinski definition) is 1. The molecule has 0 unspecified atom stereocenters. The first-order valence-corrected chi connectivity index (χ1v) is 11.5. The molecule has 0 bridgehead atoms. The summed E-state index contributed by atoms with van der Waals surface area (Å²) >= 11 is 6.07. The van der Waals surface area contributed by atoms with Crippen LogP contribution in [-0.4, -0.2) is 35.3 Å². The van der Waals surface area contributed by atoms with Gasteiger partial charge >= 0.3 is 0 Å². The number of carbonyl (C=O) groups excluding carboxylic acids is 1. The maximum atomic E-state index is 12.6. The van der Waals surface area contributed by atoms with Crippen molar-refractivity contribution in [2.45, 2.75) is 44.9 Å². The van der Waals surface area contributed by atoms with Crippen molar-refractivity contribution in [2.75, 3.05) is 24.5 Å². The summed E-state index contributed by atoms with van der Waals surface area (Å²) in [5.41, 5.74) is 1.93. The maximum Gasteiger partial charge on any atom is 0.271 e. The van der Waals surface area contributed by atoms with Gasteiger partial charge in [-0.1, -0.05) is 29.3 Å². The third kappa shape index (κ3) is 5.56. The molecule has 164 valence electrons. The van der Waals surface area contributed by atoms with Crippen LogP contribution in [0.5, 0.6) is 0 Å². The van der Waals surface area contributed by atoms with Gasteiger partial charge in [-0.2, -0.15) is 4.68 Å². The number of piperidine rings is 1. The Kier molecular flexibility index (Phi) is 7.07. The van der Waals surface area contributed by atoms with Crippen LogP contribution >= 0.6 is 11.6 Å². The Labute approximate surface area is 187 Å². The third-order valence-electron chi connectivity index (χ3n) is 6.16. The lowest BCUT2D eigenvalue weighted by Crippen LogP contribution is -2.41. The van der Waals surface area contributed by atoms with Crippen LogP contribution in [0.3, 0.4) is 0 Å². The number of anilines is 1. The number of amides is 1. The minimum Gasteiger partial charge on any atom is -0.356 e. The van der Waals surface area contributed by atoms with E-state index in [1.807, 2.05) is 6.07 Å². The topological polar surface area (TPSA) is 67.2 Å². The molecule has 1 aliphatic heterocycles. The fourth-order valence-corrected chi connectivity index (χ4v) is 4.54. The summed E-state index contributed by atoms with van der Waals surface area (Å²) in [6, 6.07) is 10.4. The van der Waals surface area contributed by atoms with Gasteiger partial charge in [0, 0.05) is 36.6 Å². The summed E-state index contributed by atoms with van der Waals surface area (Å²) in [6.07, 6.45) is 9.80. The molecular formula is C24H29ClN4O2. The van der Waals surface area contributed by atoms with Gasteiger partial charge in [0.25, 0.3) is 5.56 Å². The highest BCUT2D eigenvalue weighted by atomic mass is 35.5. The molecule has 1 aromatic heterocycles. The minimum absolute atomic E-state index is 0.0374. The second-order valence-corrected chi connectivity index (χ2v) is 8.77. The summed E-state index contributed by atoms with van der Waals surface area (Å²) < 4.78 is 1.37. The van der Waals surface area contributed by atoms with E-state index < -0.39 is 0 Å². The smallest absolute Gasteiger partial charge is 0.271 e. The summed E-state index contributed by atoms with van der Waals surface area (Å²) in [4.78, 5) is 27.0. The molecule has 0 spiro atoms. The van der Waals surface area contributed by atoms with Crippen LogP contribution < -0.4 is 15.8 Å². The highest BCUT2D eigenvalue weighted by Gasteiger charge is 2.25. The van der Waals surface area contributed by atoms with Crippen LogP contribution in [0.4, 0.5) is 5.82 Å². The maximum absolute atomic E-state index is 12.6. The second-order valence-electron chi connectivity index (χ2n) is 8.33. The van der Waals surface area contributed by atoms with Gasteiger partial charge < -0.3 is 10.2 Å². The van der Waals surface area contributed by atoms with Crippen LogP contribution in [0.15, 0.2) is 52.8 Å². The summed E-state index contributed by atoms with van der Waals surface area (Å²) in [5.74, 6) is 0.936. The summed E-state index contributed by atoms with van der Waals surface area (Å²) in [5, 5.41) is 8.23. The van der Waals surface area contributed by atoms with Crippen LogP contribution in [0.25, 0.3) is 5.69 Å². The fraction of sp³-hybridized carbons (Fsp3) is 0.458. The average Bonchev–Trinajstić information content (AvgIpc) is 2.80. The first kappa shape index (κ1) is 21.6. The van der Waals surface area contributed by atoms with Crippen molar-refractivity contribution < 1.29 is 4.79 Å². The van der Waals surface area contributed by atoms with E-state index >= 15 is 0 Å². The monoisotopic (exact) mass is 440 g/mol. The number of halogens is 1. The number of rotatable bonds is 6. The number of nitrogens with one attached hydrogen (secondary N) is 1. The molecule has 0 saturated carbocycles. The van der Waals surface area contributed by atoms with Crippen LogP contribution in [-0.2, 0) is 4.79 Å². The molecule has 0 atom stereocenters. The van der Waals surface area contributed by atoms with Crippen molar-refractivity contribution in [1.82, 2.24) is 15.1 Å². The van der Waals surface area contributed by atoms with Gasteiger partial charge in [-0.05, 0) is 69.2 Å². The van der Waals surface area contributed by atoms with Gasteiger partial charge in [0.1, 0.15) is 5.82 Å². The summed E-state index contributed by atoms with van der Waals surface area (Å²) in [6.45, 7) is 2.21. The van der Waals surface area contributed by atoms with Gasteiger partial charge in [0.2, 0.25) is 5.91 Å². The number of aromatic nitrogens is 2. The molecular weight excluding hydrogens is 412 g/mol. The number of hydrogen-bond acceptors (Lipinski definition) is 4. The molecule has 2 heterocycles. The number of carbonyl (C=O) groups is 1. The van der Waals surface area contributed by atoms with Crippen molar-refractivity contribution in [2.24, 2.45) is 5.92 Å². The lowest BCUT2D eigenvalue weighted by atomic mass is 9.95. The zero-order valence-electron chi connectivity index (χ0n) is 17.7. The summed E-state index contributed by atoms with van der Waals surface area (Å²) in [7, 11) is 0. The van der Waals surface area contributed by atoms with Crippen molar-refractivity contribution >= 4 is 23.3 Å². The molecule has 1 amide bonds. The molecule has 0 radical (unpaired) electrons. The molecule has 6 nitrogen and oxygen atoms in total. The molecule has 7 heteroatoms. The normalized spacial score (nSPS) is 17.3. The molecule has 1 saturated heterocycles. The highest BCUT2D eigenvalue weighted by Crippen LogP contribution is 2.23. The first-order chi connectivity index (χ1) is 15.1. The molecule has 1 N–H and O–H groups in total. The zero-order valence-corrected chi connectivity index (χ0v) is 18.5. The van der Waals surface area contributed by atoms with Crippen molar-refractivity contribution in [3.63, 3.8) is 0 Å². The number of nitrogens with zero attached hydrogens (tertiary/aromatic N) is 3. The van der Waals surface area contributed by atoms with Crippen molar-refractivity contribution in [3.8, 4) is 5.69 Å². The van der Waals surface area contributed by atoms with E-state index in [1.54, 1.807) is 24.3 Å². The van der Waals surface area contributed by atoms with E-state index in [-0.39, 0.29) is 17.4 Å². The first-order valence-electron chi connectivity index (χ1n) is 11.2. The van der Waals surface area contributed by atoms with Gasteiger partial charge in [-0.25, -0.2) is 0 Å². The number of benzene rings is 1. The highest BCUT2D eigenvalue weighted by molar-refractivity contribution is 6.30. The molecule has 1 aromatic carbocycles. The van der Waals surface area contributed by atoms with Crippen LogP contribution in [0.2, 0.25) is 5.02 Å². The zero-order chi connectivity index (χ0) is 21.6. The third-order valence-corrected chi connectivity index (χ3v) is 6.39. The molecule has 2 aromatic rings. The van der Waals surface area contributed by atoms with E-state index in [0.29, 0.717) is 10.7 Å². The Bertz CT molecular complexity index is 1010. The van der Waals surface area contributed by atoms with E-state index in [0.717, 1.165) is 44.7 Å². The Morgan fingerprint density at radius 2 is 2.00 bits per heavy atom. The van der Waals surface area contributed by atoms with Gasteiger partial charge in [-0.15, -0.1) is 5.10 Å².